The van der Waals surface area contributed by atoms with Crippen molar-refractivity contribution in [2.75, 3.05) is 16.8 Å². The average molecular weight is 263 g/mol. The molecule has 92 valence electrons. The van der Waals surface area contributed by atoms with E-state index in [0.29, 0.717) is 27.8 Å². The summed E-state index contributed by atoms with van der Waals surface area (Å²) in [5.74, 6) is 0.0583. The first-order chi connectivity index (χ1) is 8.56. The number of benzene rings is 1. The van der Waals surface area contributed by atoms with Gasteiger partial charge >= 0.3 is 0 Å². The third kappa shape index (κ3) is 2.70. The van der Waals surface area contributed by atoms with E-state index in [9.17, 15) is 4.79 Å². The van der Waals surface area contributed by atoms with Gasteiger partial charge in [0.25, 0.3) is 5.91 Å². The van der Waals surface area contributed by atoms with Crippen LogP contribution in [0.5, 0.6) is 0 Å². The number of carbonyl (C=O) groups is 1. The molecule has 0 unspecified atom stereocenters. The topological polar surface area (TPSA) is 94.0 Å². The number of nitrogens with two attached hydrogens (primary N) is 2. The summed E-state index contributed by atoms with van der Waals surface area (Å²) in [6.45, 7) is 0. The van der Waals surface area contributed by atoms with Gasteiger partial charge in [-0.05, 0) is 30.3 Å². The Morgan fingerprint density at radius 2 is 2.00 bits per heavy atom. The molecule has 0 saturated carbocycles. The molecule has 1 aromatic heterocycles. The van der Waals surface area contributed by atoms with E-state index in [0.717, 1.165) is 0 Å². The minimum absolute atomic E-state index is 0.321. The van der Waals surface area contributed by atoms with Gasteiger partial charge in [-0.25, -0.2) is 4.98 Å². The highest BCUT2D eigenvalue weighted by Crippen LogP contribution is 2.17. The second-order valence-electron chi connectivity index (χ2n) is 3.66. The number of halogens is 1. The van der Waals surface area contributed by atoms with Crippen molar-refractivity contribution in [3.63, 3.8) is 0 Å². The molecule has 0 radical (unpaired) electrons. The summed E-state index contributed by atoms with van der Waals surface area (Å²) in [4.78, 5) is 15.9. The lowest BCUT2D eigenvalue weighted by atomic mass is 10.1. The minimum atomic E-state index is -0.345. The zero-order valence-electron chi connectivity index (χ0n) is 9.35. The van der Waals surface area contributed by atoms with E-state index in [1.807, 2.05) is 0 Å². The lowest BCUT2D eigenvalue weighted by molar-refractivity contribution is 0.102. The molecule has 0 spiro atoms. The molecular weight excluding hydrogens is 252 g/mol. The Morgan fingerprint density at radius 1 is 1.22 bits per heavy atom. The van der Waals surface area contributed by atoms with Gasteiger partial charge in [0, 0.05) is 17.6 Å². The van der Waals surface area contributed by atoms with Crippen LogP contribution in [-0.4, -0.2) is 10.9 Å². The Labute approximate surface area is 109 Å². The number of hydrogen-bond acceptors (Lipinski definition) is 4. The summed E-state index contributed by atoms with van der Waals surface area (Å²) in [5.41, 5.74) is 12.5. The third-order valence-corrected chi connectivity index (χ3v) is 2.51. The van der Waals surface area contributed by atoms with Crippen molar-refractivity contribution in [3.8, 4) is 0 Å². The summed E-state index contributed by atoms with van der Waals surface area (Å²) >= 11 is 5.70. The molecule has 2 aromatic rings. The Kier molecular flexibility index (Phi) is 3.34. The first-order valence-corrected chi connectivity index (χ1v) is 5.52. The molecule has 0 saturated heterocycles. The average Bonchev–Trinajstić information content (AvgIpc) is 2.32. The fourth-order valence-corrected chi connectivity index (χ4v) is 1.53. The van der Waals surface area contributed by atoms with Gasteiger partial charge in [0.1, 0.15) is 5.82 Å². The van der Waals surface area contributed by atoms with Gasteiger partial charge in [0.05, 0.1) is 10.6 Å². The van der Waals surface area contributed by atoms with Crippen LogP contribution in [0.15, 0.2) is 36.5 Å². The largest absolute Gasteiger partial charge is 0.399 e. The Morgan fingerprint density at radius 3 is 2.61 bits per heavy atom. The van der Waals surface area contributed by atoms with Crippen molar-refractivity contribution in [1.29, 1.82) is 0 Å². The molecule has 5 N–H and O–H groups in total. The Hall–Kier alpha value is -2.27. The van der Waals surface area contributed by atoms with Crippen LogP contribution in [0.2, 0.25) is 5.02 Å². The summed E-state index contributed by atoms with van der Waals surface area (Å²) in [7, 11) is 0. The van der Waals surface area contributed by atoms with Crippen LogP contribution in [0.4, 0.5) is 17.2 Å². The molecule has 0 atom stereocenters. The van der Waals surface area contributed by atoms with E-state index in [2.05, 4.69) is 10.3 Å². The van der Waals surface area contributed by atoms with Crippen molar-refractivity contribution in [2.24, 2.45) is 0 Å². The van der Waals surface area contributed by atoms with Gasteiger partial charge in [-0.15, -0.1) is 0 Å². The van der Waals surface area contributed by atoms with Crippen molar-refractivity contribution < 1.29 is 4.79 Å². The van der Waals surface area contributed by atoms with Gasteiger partial charge < -0.3 is 16.8 Å². The SMILES string of the molecule is Nc1ccc(C(=O)Nc2ccc(Cl)cn2)c(N)c1. The molecule has 0 bridgehead atoms. The summed E-state index contributed by atoms with van der Waals surface area (Å²) in [6, 6.07) is 7.95. The summed E-state index contributed by atoms with van der Waals surface area (Å²) in [5, 5.41) is 3.12. The fraction of sp³-hybridized carbons (Fsp3) is 0. The first kappa shape index (κ1) is 12.2. The number of rotatable bonds is 2. The third-order valence-electron chi connectivity index (χ3n) is 2.29. The van der Waals surface area contributed by atoms with Crippen LogP contribution in [0.1, 0.15) is 10.4 Å². The van der Waals surface area contributed by atoms with Crippen molar-refractivity contribution in [1.82, 2.24) is 4.98 Å². The predicted molar refractivity (Wildman–Crippen MR) is 72.5 cm³/mol. The number of pyridine rings is 1. The van der Waals surface area contributed by atoms with E-state index < -0.39 is 0 Å². The monoisotopic (exact) mass is 262 g/mol. The number of aromatic nitrogens is 1. The number of nitrogens with one attached hydrogen (secondary N) is 1. The molecule has 18 heavy (non-hydrogen) atoms. The van der Waals surface area contributed by atoms with Crippen LogP contribution in [0, 0.1) is 0 Å². The number of nitrogen functional groups attached to an aromatic ring is 2. The maximum Gasteiger partial charge on any atom is 0.258 e. The zero-order valence-corrected chi connectivity index (χ0v) is 10.1. The van der Waals surface area contributed by atoms with Gasteiger partial charge in [-0.3, -0.25) is 4.79 Å². The molecule has 1 amide bonds. The minimum Gasteiger partial charge on any atom is -0.399 e. The van der Waals surface area contributed by atoms with Gasteiger partial charge in [0.15, 0.2) is 0 Å². The second-order valence-corrected chi connectivity index (χ2v) is 4.10. The first-order valence-electron chi connectivity index (χ1n) is 5.14. The lowest BCUT2D eigenvalue weighted by Gasteiger charge is -2.07. The smallest absolute Gasteiger partial charge is 0.258 e. The normalized spacial score (nSPS) is 10.1. The highest BCUT2D eigenvalue weighted by molar-refractivity contribution is 6.30. The van der Waals surface area contributed by atoms with Crippen LogP contribution < -0.4 is 16.8 Å². The Balaban J connectivity index is 2.19. The summed E-state index contributed by atoms with van der Waals surface area (Å²) < 4.78 is 0. The quantitative estimate of drug-likeness (QED) is 0.723. The van der Waals surface area contributed by atoms with Crippen LogP contribution in [0.25, 0.3) is 0 Å². The second kappa shape index (κ2) is 4.93. The van der Waals surface area contributed by atoms with Crippen molar-refractivity contribution in [3.05, 3.63) is 47.1 Å². The van der Waals surface area contributed by atoms with Gasteiger partial charge in [-0.1, -0.05) is 11.6 Å². The van der Waals surface area contributed by atoms with Gasteiger partial charge in [-0.2, -0.15) is 0 Å². The molecule has 6 heteroatoms. The molecule has 5 nitrogen and oxygen atoms in total. The number of carbonyl (C=O) groups excluding carboxylic acids is 1. The molecule has 1 heterocycles. The van der Waals surface area contributed by atoms with Crippen LogP contribution in [-0.2, 0) is 0 Å². The molecular formula is C12H11ClN4O. The predicted octanol–water partition coefficient (Wildman–Crippen LogP) is 2.15. The molecule has 2 rings (SSSR count). The number of anilines is 3. The van der Waals surface area contributed by atoms with E-state index in [4.69, 9.17) is 23.1 Å². The molecule has 0 aliphatic heterocycles. The van der Waals surface area contributed by atoms with E-state index in [1.54, 1.807) is 24.3 Å². The maximum absolute atomic E-state index is 11.9. The number of hydrogen-bond donors (Lipinski definition) is 3. The number of nitrogens with zero attached hydrogens (tertiary/aromatic N) is 1. The van der Waals surface area contributed by atoms with Crippen molar-refractivity contribution >= 4 is 34.7 Å². The highest BCUT2D eigenvalue weighted by Gasteiger charge is 2.10. The van der Waals surface area contributed by atoms with E-state index in [1.165, 1.54) is 12.3 Å². The molecule has 1 aromatic carbocycles. The lowest BCUT2D eigenvalue weighted by Crippen LogP contribution is -2.15. The molecule has 0 aliphatic rings. The zero-order chi connectivity index (χ0) is 13.1. The number of amides is 1. The van der Waals surface area contributed by atoms with Crippen LogP contribution >= 0.6 is 11.6 Å². The Bertz CT molecular complexity index is 583. The molecule has 0 fully saturated rings. The fourth-order valence-electron chi connectivity index (χ4n) is 1.42. The maximum atomic E-state index is 11.9. The molecule has 0 aliphatic carbocycles. The highest BCUT2D eigenvalue weighted by atomic mass is 35.5. The summed E-state index contributed by atoms with van der Waals surface area (Å²) in [6.07, 6.45) is 1.45. The standard InChI is InChI=1S/C12H11ClN4O/c13-7-1-4-11(16-6-7)17-12(18)9-3-2-8(14)5-10(9)15/h1-6H,14-15H2,(H,16,17,18). The van der Waals surface area contributed by atoms with Gasteiger partial charge in [0.2, 0.25) is 0 Å². The van der Waals surface area contributed by atoms with E-state index in [-0.39, 0.29) is 5.91 Å². The van der Waals surface area contributed by atoms with Crippen molar-refractivity contribution in [2.45, 2.75) is 0 Å². The van der Waals surface area contributed by atoms with Crippen LogP contribution in [0.3, 0.4) is 0 Å². The van der Waals surface area contributed by atoms with E-state index >= 15 is 0 Å².